The van der Waals surface area contributed by atoms with E-state index in [2.05, 4.69) is 20.3 Å². The molecule has 0 aliphatic heterocycles. The van der Waals surface area contributed by atoms with E-state index in [1.807, 2.05) is 6.07 Å². The molecule has 5 N–H and O–H groups in total. The van der Waals surface area contributed by atoms with Crippen LogP contribution in [0.5, 0.6) is 0 Å². The largest absolute Gasteiger partial charge is 0.477 e. The fourth-order valence-corrected chi connectivity index (χ4v) is 3.01. The van der Waals surface area contributed by atoms with Crippen LogP contribution in [0, 0.1) is 0 Å². The Morgan fingerprint density at radius 2 is 1.73 bits per heavy atom. The number of aromatic carboxylic acids is 1. The SMILES string of the molecule is O=C(NCc1c(C(=O)O)[nH]c2ccccc12)c1ccc2[nH]c(=O)[nH]c2c1. The second-order valence-corrected chi connectivity index (χ2v) is 5.85. The van der Waals surface area contributed by atoms with Gasteiger partial charge in [-0.2, -0.15) is 0 Å². The number of aromatic amines is 3. The Balaban J connectivity index is 1.62. The van der Waals surface area contributed by atoms with Gasteiger partial charge in [-0.1, -0.05) is 18.2 Å². The monoisotopic (exact) mass is 350 g/mol. The lowest BCUT2D eigenvalue weighted by molar-refractivity contribution is 0.0689. The Morgan fingerprint density at radius 3 is 2.54 bits per heavy atom. The molecule has 0 spiro atoms. The summed E-state index contributed by atoms with van der Waals surface area (Å²) >= 11 is 0. The molecule has 0 aliphatic carbocycles. The number of carbonyl (C=O) groups is 2. The number of benzene rings is 2. The Morgan fingerprint density at radius 1 is 0.962 bits per heavy atom. The molecular formula is C18H14N4O4. The standard InChI is InChI=1S/C18H14N4O4/c23-16(9-5-6-13-14(7-9)22-18(26)21-13)19-8-11-10-3-1-2-4-12(10)20-15(11)17(24)25/h1-7,20H,8H2,(H,19,23)(H,24,25)(H2,21,22,26). The molecular weight excluding hydrogens is 336 g/mol. The van der Waals surface area contributed by atoms with Crippen molar-refractivity contribution >= 4 is 33.8 Å². The van der Waals surface area contributed by atoms with Crippen LogP contribution in [0.15, 0.2) is 47.3 Å². The van der Waals surface area contributed by atoms with Crippen LogP contribution in [-0.4, -0.2) is 31.9 Å². The summed E-state index contributed by atoms with van der Waals surface area (Å²) < 4.78 is 0. The molecule has 0 radical (unpaired) electrons. The molecule has 2 heterocycles. The second-order valence-electron chi connectivity index (χ2n) is 5.85. The van der Waals surface area contributed by atoms with E-state index >= 15 is 0 Å². The molecule has 0 aliphatic rings. The highest BCUT2D eigenvalue weighted by molar-refractivity contribution is 5.99. The van der Waals surface area contributed by atoms with Gasteiger partial charge in [0, 0.05) is 28.6 Å². The van der Waals surface area contributed by atoms with Crippen LogP contribution in [0.3, 0.4) is 0 Å². The number of H-pyrrole nitrogens is 3. The molecule has 26 heavy (non-hydrogen) atoms. The van der Waals surface area contributed by atoms with Crippen molar-refractivity contribution in [2.45, 2.75) is 6.54 Å². The van der Waals surface area contributed by atoms with Crippen molar-refractivity contribution in [1.82, 2.24) is 20.3 Å². The first-order valence-electron chi connectivity index (χ1n) is 7.86. The van der Waals surface area contributed by atoms with Gasteiger partial charge in [0.25, 0.3) is 5.91 Å². The normalized spacial score (nSPS) is 11.1. The van der Waals surface area contributed by atoms with Crippen molar-refractivity contribution in [3.8, 4) is 0 Å². The number of para-hydroxylation sites is 1. The topological polar surface area (TPSA) is 131 Å². The number of carboxylic acids is 1. The van der Waals surface area contributed by atoms with E-state index in [1.54, 1.807) is 36.4 Å². The number of fused-ring (bicyclic) bond motifs is 2. The molecule has 4 rings (SSSR count). The molecule has 0 unspecified atom stereocenters. The highest BCUT2D eigenvalue weighted by Crippen LogP contribution is 2.22. The Hall–Kier alpha value is -3.81. The molecule has 0 saturated carbocycles. The van der Waals surface area contributed by atoms with Gasteiger partial charge in [0.05, 0.1) is 11.0 Å². The van der Waals surface area contributed by atoms with Crippen LogP contribution in [0.25, 0.3) is 21.9 Å². The van der Waals surface area contributed by atoms with Crippen LogP contribution in [-0.2, 0) is 6.54 Å². The van der Waals surface area contributed by atoms with Crippen molar-refractivity contribution in [2.75, 3.05) is 0 Å². The van der Waals surface area contributed by atoms with Crippen LogP contribution in [0.4, 0.5) is 0 Å². The number of nitrogens with one attached hydrogen (secondary N) is 4. The Bertz CT molecular complexity index is 1210. The third-order valence-electron chi connectivity index (χ3n) is 4.23. The highest BCUT2D eigenvalue weighted by atomic mass is 16.4. The van der Waals surface area contributed by atoms with Gasteiger partial charge < -0.3 is 25.4 Å². The summed E-state index contributed by atoms with van der Waals surface area (Å²) in [5.41, 5.74) is 2.42. The van der Waals surface area contributed by atoms with Crippen LogP contribution in [0.1, 0.15) is 26.4 Å². The van der Waals surface area contributed by atoms with E-state index in [0.717, 1.165) is 5.39 Å². The lowest BCUT2D eigenvalue weighted by Crippen LogP contribution is -2.23. The molecule has 4 aromatic rings. The average molecular weight is 350 g/mol. The number of amides is 1. The lowest BCUT2D eigenvalue weighted by atomic mass is 10.1. The maximum absolute atomic E-state index is 12.4. The fourth-order valence-electron chi connectivity index (χ4n) is 3.01. The van der Waals surface area contributed by atoms with E-state index in [4.69, 9.17) is 0 Å². The van der Waals surface area contributed by atoms with Gasteiger partial charge in [-0.15, -0.1) is 0 Å². The summed E-state index contributed by atoms with van der Waals surface area (Å²) in [6.07, 6.45) is 0. The molecule has 2 aromatic carbocycles. The van der Waals surface area contributed by atoms with Gasteiger partial charge in [0.2, 0.25) is 0 Å². The zero-order valence-electron chi connectivity index (χ0n) is 13.4. The van der Waals surface area contributed by atoms with Crippen LogP contribution < -0.4 is 11.0 Å². The number of imidazole rings is 1. The summed E-state index contributed by atoms with van der Waals surface area (Å²) in [5, 5.41) is 12.9. The van der Waals surface area contributed by atoms with Gasteiger partial charge in [0.15, 0.2) is 0 Å². The molecule has 0 fully saturated rings. The van der Waals surface area contributed by atoms with Crippen molar-refractivity contribution < 1.29 is 14.7 Å². The average Bonchev–Trinajstić information content (AvgIpc) is 3.18. The molecule has 0 saturated heterocycles. The maximum atomic E-state index is 12.4. The first-order valence-corrected chi connectivity index (χ1v) is 7.86. The summed E-state index contributed by atoms with van der Waals surface area (Å²) in [4.78, 5) is 43.3. The second kappa shape index (κ2) is 5.92. The van der Waals surface area contributed by atoms with E-state index in [0.29, 0.717) is 27.7 Å². The molecule has 8 nitrogen and oxygen atoms in total. The van der Waals surface area contributed by atoms with Gasteiger partial charge in [-0.3, -0.25) is 4.79 Å². The van der Waals surface area contributed by atoms with E-state index in [9.17, 15) is 19.5 Å². The number of hydrogen-bond donors (Lipinski definition) is 5. The molecule has 130 valence electrons. The van der Waals surface area contributed by atoms with Gasteiger partial charge in [-0.25, -0.2) is 9.59 Å². The highest BCUT2D eigenvalue weighted by Gasteiger charge is 2.17. The van der Waals surface area contributed by atoms with Crippen molar-refractivity contribution in [3.63, 3.8) is 0 Å². The number of carbonyl (C=O) groups excluding carboxylic acids is 1. The first kappa shape index (κ1) is 15.7. The number of carboxylic acid groups (broad SMARTS) is 1. The Labute approximate surface area is 145 Å². The molecule has 8 heteroatoms. The lowest BCUT2D eigenvalue weighted by Gasteiger charge is -2.06. The van der Waals surface area contributed by atoms with E-state index < -0.39 is 5.97 Å². The molecule has 2 aromatic heterocycles. The Kier molecular flexibility index (Phi) is 3.58. The summed E-state index contributed by atoms with van der Waals surface area (Å²) in [6.45, 7) is 0.0617. The fraction of sp³-hybridized carbons (Fsp3) is 0.0556. The number of hydrogen-bond acceptors (Lipinski definition) is 3. The summed E-state index contributed by atoms with van der Waals surface area (Å²) in [6, 6.07) is 12.0. The summed E-state index contributed by atoms with van der Waals surface area (Å²) in [5.74, 6) is -1.45. The molecule has 0 atom stereocenters. The van der Waals surface area contributed by atoms with Gasteiger partial charge in [-0.05, 0) is 24.3 Å². The van der Waals surface area contributed by atoms with Crippen LogP contribution >= 0.6 is 0 Å². The van der Waals surface area contributed by atoms with Crippen LogP contribution in [0.2, 0.25) is 0 Å². The van der Waals surface area contributed by atoms with E-state index in [1.165, 1.54) is 0 Å². The predicted octanol–water partition coefficient (Wildman–Crippen LogP) is 1.97. The van der Waals surface area contributed by atoms with Gasteiger partial charge in [0.1, 0.15) is 5.69 Å². The number of rotatable bonds is 4. The van der Waals surface area contributed by atoms with Crippen molar-refractivity contribution in [1.29, 1.82) is 0 Å². The molecule has 0 bridgehead atoms. The zero-order valence-corrected chi connectivity index (χ0v) is 13.4. The van der Waals surface area contributed by atoms with Gasteiger partial charge >= 0.3 is 11.7 Å². The van der Waals surface area contributed by atoms with E-state index in [-0.39, 0.29) is 23.8 Å². The minimum Gasteiger partial charge on any atom is -0.477 e. The van der Waals surface area contributed by atoms with Crippen molar-refractivity contribution in [2.24, 2.45) is 0 Å². The zero-order chi connectivity index (χ0) is 18.3. The minimum atomic E-state index is -1.09. The minimum absolute atomic E-state index is 0.0527. The first-order chi connectivity index (χ1) is 12.5. The maximum Gasteiger partial charge on any atom is 0.352 e. The predicted molar refractivity (Wildman–Crippen MR) is 95.3 cm³/mol. The third-order valence-corrected chi connectivity index (χ3v) is 4.23. The third kappa shape index (κ3) is 2.63. The number of aromatic nitrogens is 3. The smallest absolute Gasteiger partial charge is 0.352 e. The quantitative estimate of drug-likeness (QED) is 0.385. The van der Waals surface area contributed by atoms with Crippen molar-refractivity contribution in [3.05, 3.63) is 69.8 Å². The molecule has 1 amide bonds. The summed E-state index contributed by atoms with van der Waals surface area (Å²) in [7, 11) is 0.